The van der Waals surface area contributed by atoms with Crippen LogP contribution in [0.3, 0.4) is 0 Å². The number of methoxy groups -OCH3 is 1. The van der Waals surface area contributed by atoms with E-state index in [0.29, 0.717) is 65.8 Å². The van der Waals surface area contributed by atoms with Crippen LogP contribution < -0.4 is 21.3 Å². The number of nitrogens with one attached hydrogen (secondary N) is 2. The molecule has 1 aliphatic carbocycles. The number of carboxylic acids is 1. The molecule has 0 radical (unpaired) electrons. The van der Waals surface area contributed by atoms with Gasteiger partial charge in [0.2, 0.25) is 0 Å². The zero-order valence-corrected chi connectivity index (χ0v) is 20.4. The average Bonchev–Trinajstić information content (AvgIpc) is 3.32. The number of benzene rings is 1. The number of carboxylic acid groups (broad SMARTS) is 1. The second-order valence-corrected chi connectivity index (χ2v) is 9.10. The second-order valence-electron chi connectivity index (χ2n) is 9.10. The van der Waals surface area contributed by atoms with E-state index in [0.717, 1.165) is 0 Å². The summed E-state index contributed by atoms with van der Waals surface area (Å²) in [5.41, 5.74) is 7.93. The first-order valence-electron chi connectivity index (χ1n) is 12.1. The van der Waals surface area contributed by atoms with Crippen LogP contribution in [0, 0.1) is 5.92 Å². The Bertz CT molecular complexity index is 1580. The number of carbonyl (C=O) groups is 2. The maximum atomic E-state index is 13.9. The van der Waals surface area contributed by atoms with E-state index in [1.807, 2.05) is 6.92 Å². The van der Waals surface area contributed by atoms with E-state index in [4.69, 9.17) is 10.5 Å². The summed E-state index contributed by atoms with van der Waals surface area (Å²) in [5, 5.41) is 12.8. The van der Waals surface area contributed by atoms with Gasteiger partial charge in [-0.05, 0) is 50.8 Å². The van der Waals surface area contributed by atoms with Crippen LogP contribution in [0.4, 0.5) is 5.82 Å². The number of amides is 1. The fraction of sp³-hybridized carbons (Fsp3) is 0.360. The molecular formula is C25H27N7O5. The van der Waals surface area contributed by atoms with Crippen molar-refractivity contribution in [1.29, 1.82) is 0 Å². The summed E-state index contributed by atoms with van der Waals surface area (Å²) in [4.78, 5) is 53.9. The van der Waals surface area contributed by atoms with Gasteiger partial charge in [0.25, 0.3) is 11.5 Å². The highest BCUT2D eigenvalue weighted by atomic mass is 16.5. The molecule has 1 aromatic carbocycles. The Balaban J connectivity index is 1.67. The minimum absolute atomic E-state index is 0.118. The van der Waals surface area contributed by atoms with Crippen molar-refractivity contribution in [2.75, 3.05) is 19.4 Å². The minimum Gasteiger partial charge on any atom is -0.495 e. The summed E-state index contributed by atoms with van der Waals surface area (Å²) < 4.78 is 7.08. The van der Waals surface area contributed by atoms with Crippen molar-refractivity contribution in [1.82, 2.24) is 29.8 Å². The molecule has 1 saturated carbocycles. The Morgan fingerprint density at radius 1 is 1.22 bits per heavy atom. The fourth-order valence-corrected chi connectivity index (χ4v) is 5.02. The molecule has 1 fully saturated rings. The lowest BCUT2D eigenvalue weighted by Gasteiger charge is -2.28. The molecule has 3 aromatic heterocycles. The molecule has 0 bridgehead atoms. The van der Waals surface area contributed by atoms with Gasteiger partial charge in [-0.15, -0.1) is 0 Å². The van der Waals surface area contributed by atoms with Crippen LogP contribution in [0.2, 0.25) is 0 Å². The number of aliphatic carboxylic acids is 1. The van der Waals surface area contributed by atoms with Gasteiger partial charge in [0.05, 0.1) is 24.2 Å². The number of rotatable bonds is 6. The van der Waals surface area contributed by atoms with Crippen LogP contribution in [0.25, 0.3) is 33.5 Å². The Morgan fingerprint density at radius 2 is 1.97 bits per heavy atom. The summed E-state index contributed by atoms with van der Waals surface area (Å²) in [6.45, 7) is 2.32. The predicted octanol–water partition coefficient (Wildman–Crippen LogP) is 2.49. The molecule has 5 rings (SSSR count). The lowest BCUT2D eigenvalue weighted by Crippen LogP contribution is -2.32. The second kappa shape index (κ2) is 9.52. The molecular weight excluding hydrogens is 478 g/mol. The van der Waals surface area contributed by atoms with Gasteiger partial charge in [0, 0.05) is 23.5 Å². The number of ether oxygens (including phenoxy) is 1. The molecule has 0 aliphatic heterocycles. The molecule has 0 unspecified atom stereocenters. The molecule has 3 heterocycles. The Hall–Kier alpha value is -4.48. The van der Waals surface area contributed by atoms with E-state index in [1.165, 1.54) is 13.4 Å². The number of aromatic amines is 1. The maximum absolute atomic E-state index is 13.9. The number of aromatic nitrogens is 5. The van der Waals surface area contributed by atoms with E-state index in [9.17, 15) is 19.5 Å². The van der Waals surface area contributed by atoms with Gasteiger partial charge in [-0.1, -0.05) is 0 Å². The molecule has 0 spiro atoms. The number of hydrogen-bond acceptors (Lipinski definition) is 8. The van der Waals surface area contributed by atoms with E-state index >= 15 is 0 Å². The molecule has 0 atom stereocenters. The zero-order chi connectivity index (χ0) is 26.3. The van der Waals surface area contributed by atoms with Gasteiger partial charge in [-0.3, -0.25) is 19.0 Å². The van der Waals surface area contributed by atoms with Crippen molar-refractivity contribution in [2.24, 2.45) is 5.92 Å². The third-order valence-corrected chi connectivity index (χ3v) is 6.88. The van der Waals surface area contributed by atoms with Crippen molar-refractivity contribution >= 4 is 39.8 Å². The van der Waals surface area contributed by atoms with E-state index in [-0.39, 0.29) is 34.5 Å². The monoisotopic (exact) mass is 505 g/mol. The molecule has 12 heteroatoms. The Morgan fingerprint density at radius 3 is 2.65 bits per heavy atom. The van der Waals surface area contributed by atoms with Crippen molar-refractivity contribution in [2.45, 2.75) is 38.6 Å². The molecule has 5 N–H and O–H groups in total. The standard InChI is InChI=1S/C25H27N7O5/c1-3-27-23(33)14-8-13-9-16(30-18(13)17(10-14)37-2)19-24(34)32(15-6-4-12(5-7-15)25(35)36)22-20(31-19)21(26)28-11-29-22/h8-12,15,30H,3-7H2,1-2H3,(H,27,33)(H,35,36)(H2,26,28,29). The van der Waals surface area contributed by atoms with Gasteiger partial charge in [-0.25, -0.2) is 15.0 Å². The largest absolute Gasteiger partial charge is 0.495 e. The summed E-state index contributed by atoms with van der Waals surface area (Å²) in [6, 6.07) is 4.83. The quantitative estimate of drug-likeness (QED) is 0.306. The highest BCUT2D eigenvalue weighted by Crippen LogP contribution is 2.35. The van der Waals surface area contributed by atoms with E-state index in [2.05, 4.69) is 25.3 Å². The normalized spacial score (nSPS) is 17.7. The number of nitrogens with two attached hydrogens (primary N) is 1. The number of anilines is 1. The highest BCUT2D eigenvalue weighted by Gasteiger charge is 2.30. The van der Waals surface area contributed by atoms with Crippen molar-refractivity contribution < 1.29 is 19.4 Å². The lowest BCUT2D eigenvalue weighted by atomic mass is 9.86. The molecule has 12 nitrogen and oxygen atoms in total. The first-order valence-corrected chi connectivity index (χ1v) is 12.1. The maximum Gasteiger partial charge on any atom is 0.306 e. The number of hydrogen-bond donors (Lipinski definition) is 4. The molecule has 4 aromatic rings. The van der Waals surface area contributed by atoms with Crippen molar-refractivity contribution in [3.05, 3.63) is 40.4 Å². The molecule has 1 amide bonds. The first-order chi connectivity index (χ1) is 17.8. The summed E-state index contributed by atoms with van der Waals surface area (Å²) in [7, 11) is 1.50. The SMILES string of the molecule is CCNC(=O)c1cc(OC)c2[nH]c(-c3nc4c(N)ncnc4n(C4CCC(C(=O)O)CC4)c3=O)cc2c1. The van der Waals surface area contributed by atoms with Gasteiger partial charge in [0.1, 0.15) is 17.6 Å². The summed E-state index contributed by atoms with van der Waals surface area (Å²) >= 11 is 0. The molecule has 37 heavy (non-hydrogen) atoms. The van der Waals surface area contributed by atoms with Crippen molar-refractivity contribution in [3.8, 4) is 17.1 Å². The minimum atomic E-state index is -0.823. The van der Waals surface area contributed by atoms with E-state index in [1.54, 1.807) is 22.8 Å². The number of carbonyl (C=O) groups excluding carboxylic acids is 1. The third-order valence-electron chi connectivity index (χ3n) is 6.88. The highest BCUT2D eigenvalue weighted by molar-refractivity contribution is 6.01. The Labute approximate surface area is 210 Å². The predicted molar refractivity (Wildman–Crippen MR) is 136 cm³/mol. The zero-order valence-electron chi connectivity index (χ0n) is 20.4. The van der Waals surface area contributed by atoms with Crippen LogP contribution in [0.1, 0.15) is 49.0 Å². The number of H-pyrrole nitrogens is 1. The van der Waals surface area contributed by atoms with Crippen LogP contribution >= 0.6 is 0 Å². The van der Waals surface area contributed by atoms with Gasteiger partial charge >= 0.3 is 5.97 Å². The lowest BCUT2D eigenvalue weighted by molar-refractivity contribution is -0.143. The number of nitrogens with zero attached hydrogens (tertiary/aromatic N) is 4. The molecule has 1 aliphatic rings. The smallest absolute Gasteiger partial charge is 0.306 e. The van der Waals surface area contributed by atoms with Crippen LogP contribution in [-0.2, 0) is 4.79 Å². The fourth-order valence-electron chi connectivity index (χ4n) is 5.02. The van der Waals surface area contributed by atoms with Gasteiger partial charge in [-0.2, -0.15) is 0 Å². The number of fused-ring (bicyclic) bond motifs is 2. The molecule has 192 valence electrons. The Kier molecular flexibility index (Phi) is 6.24. The third kappa shape index (κ3) is 4.24. The van der Waals surface area contributed by atoms with Crippen molar-refractivity contribution in [3.63, 3.8) is 0 Å². The number of nitrogen functional groups attached to an aromatic ring is 1. The average molecular weight is 506 g/mol. The van der Waals surface area contributed by atoms with Crippen LogP contribution in [-0.4, -0.2) is 55.1 Å². The topological polar surface area (TPSA) is 178 Å². The van der Waals surface area contributed by atoms with Gasteiger partial charge < -0.3 is 25.9 Å². The summed E-state index contributed by atoms with van der Waals surface area (Å²) in [6.07, 6.45) is 3.22. The first kappa shape index (κ1) is 24.2. The summed E-state index contributed by atoms with van der Waals surface area (Å²) in [5.74, 6) is -0.915. The van der Waals surface area contributed by atoms with Crippen LogP contribution in [0.5, 0.6) is 5.75 Å². The van der Waals surface area contributed by atoms with Crippen LogP contribution in [0.15, 0.2) is 29.3 Å². The van der Waals surface area contributed by atoms with Gasteiger partial charge in [0.15, 0.2) is 17.2 Å². The van der Waals surface area contributed by atoms with E-state index < -0.39 is 11.9 Å². The molecule has 0 saturated heterocycles.